The summed E-state index contributed by atoms with van der Waals surface area (Å²) in [4.78, 5) is 4.81. The van der Waals surface area contributed by atoms with Gasteiger partial charge in [-0.3, -0.25) is 4.21 Å². The number of hydrogen-bond acceptors (Lipinski definition) is 4. The van der Waals surface area contributed by atoms with Crippen LogP contribution in [0, 0.1) is 3.57 Å². The van der Waals surface area contributed by atoms with Crippen molar-refractivity contribution in [2.24, 2.45) is 0 Å². The van der Waals surface area contributed by atoms with E-state index in [2.05, 4.69) is 39.4 Å². The van der Waals surface area contributed by atoms with Gasteiger partial charge in [0.05, 0.1) is 5.69 Å². The standard InChI is InChI=1S/C11H15IN2O2S/c1-13-5-7-14(8-6-13)11-9(12)3-2-4-10(11)17(15)16/h2-4H,5-8H2,1H3,(H,15,16)/p-1. The van der Waals surface area contributed by atoms with Crippen LogP contribution in [0.15, 0.2) is 23.1 Å². The summed E-state index contributed by atoms with van der Waals surface area (Å²) in [6.45, 7) is 3.69. The van der Waals surface area contributed by atoms with Gasteiger partial charge in [-0.1, -0.05) is 6.07 Å². The van der Waals surface area contributed by atoms with E-state index >= 15 is 0 Å². The van der Waals surface area contributed by atoms with E-state index in [-0.39, 0.29) is 0 Å². The van der Waals surface area contributed by atoms with E-state index in [4.69, 9.17) is 0 Å². The Morgan fingerprint density at radius 3 is 2.53 bits per heavy atom. The number of para-hydroxylation sites is 1. The van der Waals surface area contributed by atoms with Crippen molar-refractivity contribution in [3.05, 3.63) is 21.8 Å². The lowest BCUT2D eigenvalue weighted by Crippen LogP contribution is -2.45. The van der Waals surface area contributed by atoms with Crippen molar-refractivity contribution in [2.45, 2.75) is 4.90 Å². The minimum Gasteiger partial charge on any atom is -0.768 e. The predicted molar refractivity (Wildman–Crippen MR) is 76.1 cm³/mol. The number of halogens is 1. The van der Waals surface area contributed by atoms with E-state index in [1.165, 1.54) is 0 Å². The fourth-order valence-electron chi connectivity index (χ4n) is 1.97. The Bertz CT molecular complexity index is 433. The predicted octanol–water partition coefficient (Wildman–Crippen LogP) is 1.28. The molecule has 1 aromatic rings. The molecule has 1 heterocycles. The van der Waals surface area contributed by atoms with Crippen molar-refractivity contribution in [3.63, 3.8) is 0 Å². The van der Waals surface area contributed by atoms with Crippen LogP contribution in [0.25, 0.3) is 0 Å². The van der Waals surface area contributed by atoms with Crippen LogP contribution >= 0.6 is 22.6 Å². The Labute approximate surface area is 117 Å². The molecule has 0 saturated carbocycles. The molecule has 1 fully saturated rings. The molecular weight excluding hydrogens is 351 g/mol. The molecule has 0 bridgehead atoms. The molecule has 94 valence electrons. The van der Waals surface area contributed by atoms with Crippen molar-refractivity contribution in [1.29, 1.82) is 0 Å². The van der Waals surface area contributed by atoms with Gasteiger partial charge in [-0.25, -0.2) is 0 Å². The maximum Gasteiger partial charge on any atom is 0.0655 e. The first-order valence-corrected chi connectivity index (χ1v) is 7.56. The lowest BCUT2D eigenvalue weighted by atomic mass is 10.2. The van der Waals surface area contributed by atoms with Gasteiger partial charge >= 0.3 is 0 Å². The summed E-state index contributed by atoms with van der Waals surface area (Å²) in [6, 6.07) is 5.40. The van der Waals surface area contributed by atoms with Gasteiger partial charge in [0, 0.05) is 34.6 Å². The van der Waals surface area contributed by atoms with Crippen molar-refractivity contribution in [2.75, 3.05) is 38.1 Å². The second kappa shape index (κ2) is 5.64. The Morgan fingerprint density at radius 1 is 1.29 bits per heavy atom. The van der Waals surface area contributed by atoms with E-state index in [1.807, 2.05) is 6.07 Å². The average Bonchev–Trinajstić information content (AvgIpc) is 2.30. The first-order chi connectivity index (χ1) is 8.09. The monoisotopic (exact) mass is 365 g/mol. The zero-order valence-corrected chi connectivity index (χ0v) is 12.5. The van der Waals surface area contributed by atoms with Crippen LogP contribution in [-0.4, -0.2) is 46.9 Å². The zero-order chi connectivity index (χ0) is 12.4. The van der Waals surface area contributed by atoms with Crippen LogP contribution in [0.1, 0.15) is 0 Å². The third kappa shape index (κ3) is 2.98. The van der Waals surface area contributed by atoms with Gasteiger partial charge in [0.1, 0.15) is 0 Å². The van der Waals surface area contributed by atoms with Crippen molar-refractivity contribution in [1.82, 2.24) is 4.90 Å². The molecule has 6 heteroatoms. The lowest BCUT2D eigenvalue weighted by Gasteiger charge is -2.36. The molecule has 2 rings (SSSR count). The van der Waals surface area contributed by atoms with Gasteiger partial charge in [0.2, 0.25) is 0 Å². The van der Waals surface area contributed by atoms with Crippen LogP contribution in [0.5, 0.6) is 0 Å². The molecule has 0 spiro atoms. The number of hydrogen-bond donors (Lipinski definition) is 0. The number of nitrogens with zero attached hydrogens (tertiary/aromatic N) is 2. The molecule has 0 aliphatic carbocycles. The minimum absolute atomic E-state index is 0.404. The quantitative estimate of drug-likeness (QED) is 0.585. The SMILES string of the molecule is CN1CCN(c2c(I)cccc2S(=O)[O-])CC1. The largest absolute Gasteiger partial charge is 0.768 e. The molecular formula is C11H14IN2O2S-. The molecule has 0 amide bonds. The van der Waals surface area contributed by atoms with Crippen LogP contribution in [0.4, 0.5) is 5.69 Å². The van der Waals surface area contributed by atoms with Crippen LogP contribution in [0.2, 0.25) is 0 Å². The summed E-state index contributed by atoms with van der Waals surface area (Å²) in [5.41, 5.74) is 0.856. The maximum atomic E-state index is 11.2. The normalized spacial score (nSPS) is 19.4. The van der Waals surface area contributed by atoms with E-state index in [1.54, 1.807) is 12.1 Å². The van der Waals surface area contributed by atoms with E-state index in [0.29, 0.717) is 4.90 Å². The molecule has 17 heavy (non-hydrogen) atoms. The molecule has 0 radical (unpaired) electrons. The van der Waals surface area contributed by atoms with Crippen molar-refractivity contribution < 1.29 is 8.76 Å². The Morgan fingerprint density at radius 2 is 1.94 bits per heavy atom. The van der Waals surface area contributed by atoms with Gasteiger partial charge in [0.15, 0.2) is 0 Å². The Hall–Kier alpha value is -0.180. The van der Waals surface area contributed by atoms with E-state index < -0.39 is 11.1 Å². The highest BCUT2D eigenvalue weighted by atomic mass is 127. The van der Waals surface area contributed by atoms with Crippen molar-refractivity contribution in [3.8, 4) is 0 Å². The van der Waals surface area contributed by atoms with Gasteiger partial charge in [-0.05, 0) is 52.9 Å². The second-order valence-corrected chi connectivity index (χ2v) is 6.18. The third-order valence-corrected chi connectivity index (χ3v) is 4.51. The highest BCUT2D eigenvalue weighted by Gasteiger charge is 2.19. The Balaban J connectivity index is 2.33. The Kier molecular flexibility index (Phi) is 4.40. The summed E-state index contributed by atoms with van der Waals surface area (Å²) in [5, 5.41) is 0. The van der Waals surface area contributed by atoms with Crippen LogP contribution < -0.4 is 4.90 Å². The lowest BCUT2D eigenvalue weighted by molar-refractivity contribution is 0.312. The summed E-state index contributed by atoms with van der Waals surface area (Å²) in [6.07, 6.45) is 0. The number of rotatable bonds is 2. The molecule has 1 saturated heterocycles. The summed E-state index contributed by atoms with van der Waals surface area (Å²) < 4.78 is 23.5. The molecule has 1 aliphatic heterocycles. The maximum absolute atomic E-state index is 11.2. The van der Waals surface area contributed by atoms with E-state index in [9.17, 15) is 8.76 Å². The van der Waals surface area contributed by atoms with Crippen LogP contribution in [-0.2, 0) is 11.1 Å². The molecule has 1 aliphatic rings. The summed E-state index contributed by atoms with van der Waals surface area (Å²) in [5.74, 6) is 0. The smallest absolute Gasteiger partial charge is 0.0655 e. The molecule has 0 N–H and O–H groups in total. The minimum atomic E-state index is -2.17. The van der Waals surface area contributed by atoms with Gasteiger partial charge in [-0.15, -0.1) is 0 Å². The first kappa shape index (κ1) is 13.3. The fraction of sp³-hybridized carbons (Fsp3) is 0.455. The van der Waals surface area contributed by atoms with Gasteiger partial charge in [0.25, 0.3) is 0 Å². The first-order valence-electron chi connectivity index (χ1n) is 5.41. The van der Waals surface area contributed by atoms with E-state index in [0.717, 1.165) is 35.4 Å². The topological polar surface area (TPSA) is 46.6 Å². The fourth-order valence-corrected chi connectivity index (χ4v) is 3.58. The van der Waals surface area contributed by atoms with Gasteiger partial charge in [-0.2, -0.15) is 0 Å². The molecule has 1 aromatic carbocycles. The third-order valence-electron chi connectivity index (χ3n) is 2.95. The number of piperazine rings is 1. The highest BCUT2D eigenvalue weighted by molar-refractivity contribution is 14.1. The zero-order valence-electron chi connectivity index (χ0n) is 9.56. The number of anilines is 1. The number of likely N-dealkylation sites (N-methyl/N-ethyl adjacent to an activating group) is 1. The average molecular weight is 365 g/mol. The number of benzene rings is 1. The molecule has 1 unspecified atom stereocenters. The van der Waals surface area contributed by atoms with Gasteiger partial charge < -0.3 is 14.4 Å². The highest BCUT2D eigenvalue weighted by Crippen LogP contribution is 2.29. The molecule has 0 aromatic heterocycles. The summed E-state index contributed by atoms with van der Waals surface area (Å²) >= 11 is 0.0271. The van der Waals surface area contributed by atoms with Crippen LogP contribution in [0.3, 0.4) is 0 Å². The molecule has 1 atom stereocenters. The second-order valence-electron chi connectivity index (χ2n) is 4.11. The molecule has 4 nitrogen and oxygen atoms in total. The summed E-state index contributed by atoms with van der Waals surface area (Å²) in [7, 11) is 2.08. The van der Waals surface area contributed by atoms with Crippen molar-refractivity contribution >= 4 is 39.4 Å².